The molecule has 3 aliphatic rings. The highest BCUT2D eigenvalue weighted by molar-refractivity contribution is 6.11. The Balaban J connectivity index is 1.32. The number of anilines is 2. The molecule has 190 valence electrons. The molecule has 2 aliphatic heterocycles. The fourth-order valence-corrected chi connectivity index (χ4v) is 5.71. The number of alkyl halides is 2. The zero-order valence-corrected chi connectivity index (χ0v) is 20.2. The molecule has 0 spiro atoms. The van der Waals surface area contributed by atoms with Crippen LogP contribution in [0, 0.1) is 12.7 Å². The van der Waals surface area contributed by atoms with Crippen LogP contribution in [0.5, 0.6) is 0 Å². The summed E-state index contributed by atoms with van der Waals surface area (Å²) in [5, 5.41) is 4.68. The average Bonchev–Trinajstić information content (AvgIpc) is 3.40. The van der Waals surface area contributed by atoms with Gasteiger partial charge in [0, 0.05) is 54.1 Å². The van der Waals surface area contributed by atoms with E-state index in [1.807, 2.05) is 29.8 Å². The summed E-state index contributed by atoms with van der Waals surface area (Å²) >= 11 is 0. The number of carbonyl (C=O) groups excluding carboxylic acids is 1. The Hall–Kier alpha value is -3.82. The number of H-pyrrole nitrogens is 1. The molecule has 1 amide bonds. The fourth-order valence-electron chi connectivity index (χ4n) is 5.71. The summed E-state index contributed by atoms with van der Waals surface area (Å²) in [5.41, 5.74) is 4.99. The molecule has 37 heavy (non-hydrogen) atoms. The summed E-state index contributed by atoms with van der Waals surface area (Å²) in [6.07, 6.45) is 3.11. The van der Waals surface area contributed by atoms with E-state index in [1.165, 1.54) is 6.07 Å². The molecule has 0 radical (unpaired) electrons. The van der Waals surface area contributed by atoms with Gasteiger partial charge in [0.15, 0.2) is 5.69 Å². The Morgan fingerprint density at radius 1 is 1.05 bits per heavy atom. The number of imidazole rings is 1. The SMILES string of the molecule is Cc1c2c(nn1C1CC1)C(=O)N(c1ccc3nc[nH]c3c1)C2c1ccc(N2CCC(F)(F)CC2)cc1F. The normalized spacial score (nSPS) is 21.2. The number of nitrogens with zero attached hydrogens (tertiary/aromatic N) is 5. The number of hydrogen-bond acceptors (Lipinski definition) is 4. The third-order valence-corrected chi connectivity index (χ3v) is 7.86. The quantitative estimate of drug-likeness (QED) is 0.395. The number of amides is 1. The van der Waals surface area contributed by atoms with Gasteiger partial charge in [-0.25, -0.2) is 18.2 Å². The molecule has 0 bridgehead atoms. The van der Waals surface area contributed by atoms with Crippen molar-refractivity contribution in [2.45, 2.75) is 50.6 Å². The van der Waals surface area contributed by atoms with Crippen molar-refractivity contribution in [3.63, 3.8) is 0 Å². The Morgan fingerprint density at radius 2 is 1.81 bits per heavy atom. The van der Waals surface area contributed by atoms with Crippen LogP contribution in [-0.4, -0.2) is 44.7 Å². The van der Waals surface area contributed by atoms with Gasteiger partial charge in [-0.1, -0.05) is 6.07 Å². The molecule has 1 aliphatic carbocycles. The smallest absolute Gasteiger partial charge is 0.280 e. The van der Waals surface area contributed by atoms with Gasteiger partial charge in [0.1, 0.15) is 5.82 Å². The van der Waals surface area contributed by atoms with Gasteiger partial charge >= 0.3 is 0 Å². The average molecular weight is 507 g/mol. The van der Waals surface area contributed by atoms with Crippen molar-refractivity contribution < 1.29 is 18.0 Å². The minimum atomic E-state index is -2.68. The van der Waals surface area contributed by atoms with Gasteiger partial charge in [-0.15, -0.1) is 0 Å². The van der Waals surface area contributed by atoms with E-state index < -0.39 is 17.8 Å². The van der Waals surface area contributed by atoms with E-state index in [9.17, 15) is 13.6 Å². The third-order valence-electron chi connectivity index (χ3n) is 7.86. The highest BCUT2D eigenvalue weighted by Crippen LogP contribution is 2.47. The number of aromatic nitrogens is 4. The Labute approximate surface area is 210 Å². The molecule has 4 aromatic rings. The van der Waals surface area contributed by atoms with E-state index in [0.29, 0.717) is 28.2 Å². The molecule has 7 nitrogen and oxygen atoms in total. The minimum Gasteiger partial charge on any atom is -0.371 e. The number of halogens is 3. The molecule has 4 heterocycles. The van der Waals surface area contributed by atoms with E-state index in [4.69, 9.17) is 0 Å². The highest BCUT2D eigenvalue weighted by Gasteiger charge is 2.46. The van der Waals surface area contributed by atoms with Gasteiger partial charge in [0.25, 0.3) is 11.8 Å². The lowest BCUT2D eigenvalue weighted by Gasteiger charge is -2.34. The van der Waals surface area contributed by atoms with Gasteiger partial charge in [-0.3, -0.25) is 14.4 Å². The van der Waals surface area contributed by atoms with Crippen molar-refractivity contribution in [2.24, 2.45) is 0 Å². The molecule has 2 aromatic carbocycles. The van der Waals surface area contributed by atoms with Crippen LogP contribution in [0.1, 0.15) is 65.1 Å². The van der Waals surface area contributed by atoms with E-state index >= 15 is 4.39 Å². The molecule has 10 heteroatoms. The van der Waals surface area contributed by atoms with Crippen LogP contribution in [0.25, 0.3) is 11.0 Å². The second-order valence-electron chi connectivity index (χ2n) is 10.3. The number of aromatic amines is 1. The predicted molar refractivity (Wildman–Crippen MR) is 133 cm³/mol. The number of nitrogens with one attached hydrogen (secondary N) is 1. The Morgan fingerprint density at radius 3 is 2.54 bits per heavy atom. The maximum Gasteiger partial charge on any atom is 0.280 e. The van der Waals surface area contributed by atoms with Gasteiger partial charge < -0.3 is 9.88 Å². The second kappa shape index (κ2) is 7.84. The second-order valence-corrected chi connectivity index (χ2v) is 10.3. The van der Waals surface area contributed by atoms with Crippen molar-refractivity contribution in [3.05, 3.63) is 71.1 Å². The summed E-state index contributed by atoms with van der Waals surface area (Å²) in [6.45, 7) is 2.27. The fraction of sp³-hybridized carbons (Fsp3) is 0.370. The maximum absolute atomic E-state index is 15.9. The topological polar surface area (TPSA) is 70.0 Å². The van der Waals surface area contributed by atoms with Gasteiger partial charge in [-0.2, -0.15) is 5.10 Å². The van der Waals surface area contributed by atoms with Gasteiger partial charge in [0.05, 0.1) is 29.4 Å². The first-order valence-corrected chi connectivity index (χ1v) is 12.6. The summed E-state index contributed by atoms with van der Waals surface area (Å²) in [4.78, 5) is 24.5. The van der Waals surface area contributed by atoms with E-state index in [0.717, 1.165) is 29.6 Å². The molecule has 1 N–H and O–H groups in total. The lowest BCUT2D eigenvalue weighted by Crippen LogP contribution is -2.39. The van der Waals surface area contributed by atoms with Crippen molar-refractivity contribution >= 4 is 28.3 Å². The third kappa shape index (κ3) is 3.53. The molecule has 1 unspecified atom stereocenters. The molecule has 2 aromatic heterocycles. The van der Waals surface area contributed by atoms with E-state index in [1.54, 1.807) is 28.3 Å². The largest absolute Gasteiger partial charge is 0.371 e. The van der Waals surface area contributed by atoms with Crippen LogP contribution in [0.2, 0.25) is 0 Å². The van der Waals surface area contributed by atoms with Crippen molar-refractivity contribution in [1.29, 1.82) is 0 Å². The lowest BCUT2D eigenvalue weighted by molar-refractivity contribution is -0.0220. The van der Waals surface area contributed by atoms with Crippen LogP contribution in [-0.2, 0) is 0 Å². The predicted octanol–water partition coefficient (Wildman–Crippen LogP) is 5.53. The Kier molecular flexibility index (Phi) is 4.74. The van der Waals surface area contributed by atoms with Crippen LogP contribution in [0.15, 0.2) is 42.7 Å². The molecule has 1 atom stereocenters. The molecular weight excluding hydrogens is 481 g/mol. The number of carbonyl (C=O) groups is 1. The van der Waals surface area contributed by atoms with E-state index in [2.05, 4.69) is 15.1 Å². The number of hydrogen-bond donors (Lipinski definition) is 1. The van der Waals surface area contributed by atoms with Gasteiger partial charge in [0.2, 0.25) is 0 Å². The first kappa shape index (κ1) is 22.4. The minimum absolute atomic E-state index is 0.168. The molecule has 1 saturated carbocycles. The van der Waals surface area contributed by atoms with Crippen LogP contribution >= 0.6 is 0 Å². The van der Waals surface area contributed by atoms with Crippen LogP contribution in [0.4, 0.5) is 24.5 Å². The maximum atomic E-state index is 15.9. The number of rotatable bonds is 4. The Bertz CT molecular complexity index is 1550. The molecule has 2 fully saturated rings. The number of benzene rings is 2. The number of fused-ring (bicyclic) bond motifs is 2. The number of piperidine rings is 1. The van der Waals surface area contributed by atoms with Gasteiger partial charge in [-0.05, 0) is 50.1 Å². The first-order chi connectivity index (χ1) is 17.8. The summed E-state index contributed by atoms with van der Waals surface area (Å²) in [5.74, 6) is -3.43. The molecular formula is C27H25F3N6O. The summed E-state index contributed by atoms with van der Waals surface area (Å²) < 4.78 is 45.1. The van der Waals surface area contributed by atoms with Crippen LogP contribution in [0.3, 0.4) is 0 Å². The zero-order valence-electron chi connectivity index (χ0n) is 20.2. The van der Waals surface area contributed by atoms with Crippen molar-refractivity contribution in [2.75, 3.05) is 22.9 Å². The van der Waals surface area contributed by atoms with Crippen molar-refractivity contribution in [3.8, 4) is 0 Å². The summed E-state index contributed by atoms with van der Waals surface area (Å²) in [6, 6.07) is 9.89. The summed E-state index contributed by atoms with van der Waals surface area (Å²) in [7, 11) is 0. The highest BCUT2D eigenvalue weighted by atomic mass is 19.3. The molecule has 7 rings (SSSR count). The van der Waals surface area contributed by atoms with Crippen LogP contribution < -0.4 is 9.80 Å². The molecule has 1 saturated heterocycles. The standard InChI is InChI=1S/C27H25F3N6O/c1-15-23-24(33-36(15)16-2-3-16)26(37)35(18-5-7-21-22(13-18)32-14-31-21)25(23)19-6-4-17(12-20(19)28)34-10-8-27(29,30)9-11-34/h4-7,12-14,16,25H,2-3,8-11H2,1H3,(H,31,32). The van der Waals surface area contributed by atoms with E-state index in [-0.39, 0.29) is 37.9 Å². The zero-order chi connectivity index (χ0) is 25.5. The van der Waals surface area contributed by atoms with Crippen molar-refractivity contribution in [1.82, 2.24) is 19.7 Å². The first-order valence-electron chi connectivity index (χ1n) is 12.6. The lowest BCUT2D eigenvalue weighted by atomic mass is 9.97. The monoisotopic (exact) mass is 506 g/mol.